The van der Waals surface area contributed by atoms with Crippen LogP contribution in [0.1, 0.15) is 15.9 Å². The molecular formula is C15H11FN2O2. The third-order valence-electron chi connectivity index (χ3n) is 2.96. The number of rotatable bonds is 2. The first kappa shape index (κ1) is 12.3. The SMILES string of the molecule is Cc1ccc2onc(NC(=O)c3ccc(F)cc3)c2c1. The van der Waals surface area contributed by atoms with Crippen molar-refractivity contribution in [3.05, 3.63) is 59.4 Å². The molecule has 5 heteroatoms. The summed E-state index contributed by atoms with van der Waals surface area (Å²) in [5.74, 6) is -0.385. The number of fused-ring (bicyclic) bond motifs is 1. The minimum atomic E-state index is -0.385. The van der Waals surface area contributed by atoms with Crippen LogP contribution in [0.15, 0.2) is 47.0 Å². The van der Waals surface area contributed by atoms with Gasteiger partial charge in [-0.1, -0.05) is 16.8 Å². The van der Waals surface area contributed by atoms with Crippen molar-refractivity contribution >= 4 is 22.7 Å². The molecule has 4 nitrogen and oxygen atoms in total. The first-order chi connectivity index (χ1) is 9.63. The Morgan fingerprint density at radius 1 is 1.20 bits per heavy atom. The van der Waals surface area contributed by atoms with Gasteiger partial charge >= 0.3 is 0 Å². The van der Waals surface area contributed by atoms with E-state index in [-0.39, 0.29) is 11.7 Å². The van der Waals surface area contributed by atoms with Gasteiger partial charge in [-0.15, -0.1) is 0 Å². The van der Waals surface area contributed by atoms with Gasteiger partial charge in [0.2, 0.25) is 0 Å². The molecule has 0 saturated heterocycles. The number of carbonyl (C=O) groups is 1. The van der Waals surface area contributed by atoms with Crippen molar-refractivity contribution in [2.24, 2.45) is 0 Å². The van der Waals surface area contributed by atoms with Crippen molar-refractivity contribution in [3.63, 3.8) is 0 Å². The number of benzene rings is 2. The highest BCUT2D eigenvalue weighted by molar-refractivity contribution is 6.07. The summed E-state index contributed by atoms with van der Waals surface area (Å²) < 4.78 is 18.0. The van der Waals surface area contributed by atoms with Crippen LogP contribution in [0.5, 0.6) is 0 Å². The highest BCUT2D eigenvalue weighted by Gasteiger charge is 2.12. The van der Waals surface area contributed by atoms with Crippen LogP contribution in [-0.4, -0.2) is 11.1 Å². The standard InChI is InChI=1S/C15H11FN2O2/c1-9-2-7-13-12(8-9)14(18-20-13)17-15(19)10-3-5-11(16)6-4-10/h2-8H,1H3,(H,17,18,19). The molecule has 20 heavy (non-hydrogen) atoms. The molecule has 0 radical (unpaired) electrons. The molecule has 3 aromatic rings. The molecule has 0 spiro atoms. The van der Waals surface area contributed by atoms with Gasteiger partial charge in [0, 0.05) is 5.56 Å². The molecule has 0 saturated carbocycles. The minimum absolute atomic E-state index is 0.357. The molecule has 1 N–H and O–H groups in total. The number of halogens is 1. The third-order valence-corrected chi connectivity index (χ3v) is 2.96. The predicted octanol–water partition coefficient (Wildman–Crippen LogP) is 3.53. The maximum Gasteiger partial charge on any atom is 0.256 e. The highest BCUT2D eigenvalue weighted by Crippen LogP contribution is 2.24. The Bertz CT molecular complexity index is 778. The van der Waals surface area contributed by atoms with E-state index in [1.807, 2.05) is 19.1 Å². The summed E-state index contributed by atoms with van der Waals surface area (Å²) in [4.78, 5) is 12.0. The van der Waals surface area contributed by atoms with E-state index in [2.05, 4.69) is 10.5 Å². The Kier molecular flexibility index (Phi) is 2.95. The van der Waals surface area contributed by atoms with Crippen molar-refractivity contribution in [3.8, 4) is 0 Å². The average molecular weight is 270 g/mol. The second-order valence-electron chi connectivity index (χ2n) is 4.49. The number of amides is 1. The molecule has 0 aliphatic heterocycles. The molecule has 0 unspecified atom stereocenters. The van der Waals surface area contributed by atoms with Gasteiger partial charge in [0.1, 0.15) is 5.82 Å². The molecule has 0 fully saturated rings. The minimum Gasteiger partial charge on any atom is -0.354 e. The van der Waals surface area contributed by atoms with E-state index >= 15 is 0 Å². The number of carbonyl (C=O) groups excluding carboxylic acids is 1. The number of hydrogen-bond donors (Lipinski definition) is 1. The van der Waals surface area contributed by atoms with Crippen LogP contribution >= 0.6 is 0 Å². The second-order valence-corrected chi connectivity index (χ2v) is 4.49. The van der Waals surface area contributed by atoms with E-state index in [1.54, 1.807) is 6.07 Å². The number of aryl methyl sites for hydroxylation is 1. The Morgan fingerprint density at radius 3 is 2.70 bits per heavy atom. The maximum absolute atomic E-state index is 12.8. The highest BCUT2D eigenvalue weighted by atomic mass is 19.1. The van der Waals surface area contributed by atoms with Gasteiger partial charge in [0.05, 0.1) is 5.39 Å². The number of anilines is 1. The Morgan fingerprint density at radius 2 is 1.95 bits per heavy atom. The molecule has 0 atom stereocenters. The van der Waals surface area contributed by atoms with Gasteiger partial charge in [0.15, 0.2) is 11.4 Å². The van der Waals surface area contributed by atoms with Gasteiger partial charge in [0.25, 0.3) is 5.91 Å². The lowest BCUT2D eigenvalue weighted by molar-refractivity contribution is 0.102. The Balaban J connectivity index is 1.91. The quantitative estimate of drug-likeness (QED) is 0.775. The summed E-state index contributed by atoms with van der Waals surface area (Å²) in [5.41, 5.74) is 2.00. The number of nitrogens with one attached hydrogen (secondary N) is 1. The summed E-state index contributed by atoms with van der Waals surface area (Å²) in [6, 6.07) is 10.9. The topological polar surface area (TPSA) is 55.1 Å². The van der Waals surface area contributed by atoms with Crippen molar-refractivity contribution in [2.45, 2.75) is 6.92 Å². The van der Waals surface area contributed by atoms with Crippen LogP contribution in [0.2, 0.25) is 0 Å². The van der Waals surface area contributed by atoms with E-state index in [0.717, 1.165) is 10.9 Å². The van der Waals surface area contributed by atoms with E-state index in [0.29, 0.717) is 17.0 Å². The van der Waals surface area contributed by atoms with Crippen molar-refractivity contribution in [2.75, 3.05) is 5.32 Å². The first-order valence-electron chi connectivity index (χ1n) is 6.06. The Hall–Kier alpha value is -2.69. The van der Waals surface area contributed by atoms with Crippen molar-refractivity contribution in [1.29, 1.82) is 0 Å². The van der Waals surface area contributed by atoms with Gasteiger partial charge in [-0.25, -0.2) is 4.39 Å². The zero-order valence-electron chi connectivity index (χ0n) is 10.7. The molecule has 1 heterocycles. The number of hydrogen-bond acceptors (Lipinski definition) is 3. The van der Waals surface area contributed by atoms with Gasteiger partial charge in [-0.05, 0) is 43.3 Å². The summed E-state index contributed by atoms with van der Waals surface area (Å²) in [7, 11) is 0. The molecule has 1 amide bonds. The van der Waals surface area contributed by atoms with Gasteiger partial charge in [-0.2, -0.15) is 0 Å². The van der Waals surface area contributed by atoms with Gasteiger partial charge < -0.3 is 9.84 Å². The number of aromatic nitrogens is 1. The van der Waals surface area contributed by atoms with Gasteiger partial charge in [-0.3, -0.25) is 4.79 Å². The molecule has 3 rings (SSSR count). The van der Waals surface area contributed by atoms with Crippen LogP contribution in [0.25, 0.3) is 11.0 Å². The zero-order valence-corrected chi connectivity index (χ0v) is 10.7. The average Bonchev–Trinajstić information content (AvgIpc) is 2.82. The molecule has 1 aromatic heterocycles. The lowest BCUT2D eigenvalue weighted by Crippen LogP contribution is -2.12. The lowest BCUT2D eigenvalue weighted by Gasteiger charge is -2.02. The summed E-state index contributed by atoms with van der Waals surface area (Å²) >= 11 is 0. The largest absolute Gasteiger partial charge is 0.354 e. The summed E-state index contributed by atoms with van der Waals surface area (Å²) in [6.07, 6.45) is 0. The molecule has 0 aliphatic rings. The van der Waals surface area contributed by atoms with Crippen LogP contribution in [0.4, 0.5) is 10.2 Å². The monoisotopic (exact) mass is 270 g/mol. The fraction of sp³-hybridized carbons (Fsp3) is 0.0667. The van der Waals surface area contributed by atoms with Crippen LogP contribution in [-0.2, 0) is 0 Å². The lowest BCUT2D eigenvalue weighted by atomic mass is 10.1. The zero-order chi connectivity index (χ0) is 14.1. The van der Waals surface area contributed by atoms with Crippen LogP contribution in [0, 0.1) is 12.7 Å². The number of nitrogens with zero attached hydrogens (tertiary/aromatic N) is 1. The molecule has 0 aliphatic carbocycles. The van der Waals surface area contributed by atoms with E-state index in [9.17, 15) is 9.18 Å². The van der Waals surface area contributed by atoms with E-state index < -0.39 is 0 Å². The molecule has 100 valence electrons. The van der Waals surface area contributed by atoms with Crippen LogP contribution < -0.4 is 5.32 Å². The molecular weight excluding hydrogens is 259 g/mol. The smallest absolute Gasteiger partial charge is 0.256 e. The van der Waals surface area contributed by atoms with E-state index in [4.69, 9.17) is 4.52 Å². The molecule has 2 aromatic carbocycles. The fourth-order valence-electron chi connectivity index (χ4n) is 1.92. The molecule has 0 bridgehead atoms. The second kappa shape index (κ2) is 4.77. The first-order valence-corrected chi connectivity index (χ1v) is 6.06. The summed E-state index contributed by atoms with van der Waals surface area (Å²) in [6.45, 7) is 1.94. The van der Waals surface area contributed by atoms with Crippen LogP contribution in [0.3, 0.4) is 0 Å². The third kappa shape index (κ3) is 2.25. The maximum atomic E-state index is 12.8. The van der Waals surface area contributed by atoms with Crippen molar-refractivity contribution in [1.82, 2.24) is 5.16 Å². The summed E-state index contributed by atoms with van der Waals surface area (Å²) in [5, 5.41) is 7.24. The van der Waals surface area contributed by atoms with Crippen molar-refractivity contribution < 1.29 is 13.7 Å². The normalized spacial score (nSPS) is 10.7. The van der Waals surface area contributed by atoms with E-state index in [1.165, 1.54) is 24.3 Å². The predicted molar refractivity (Wildman–Crippen MR) is 73.1 cm³/mol. The Labute approximate surface area is 114 Å². The fourth-order valence-corrected chi connectivity index (χ4v) is 1.92.